The first-order valence-electron chi connectivity index (χ1n) is 9.80. The minimum absolute atomic E-state index is 0.157. The Labute approximate surface area is 171 Å². The highest BCUT2D eigenvalue weighted by Crippen LogP contribution is 2.34. The summed E-state index contributed by atoms with van der Waals surface area (Å²) >= 11 is -1.52. The number of piperidine rings is 1. The second-order valence-electron chi connectivity index (χ2n) is 8.53. The Morgan fingerprint density at radius 3 is 2.90 bits per heavy atom. The van der Waals surface area contributed by atoms with Gasteiger partial charge in [-0.05, 0) is 53.0 Å². The number of aromatic nitrogens is 2. The molecule has 0 spiro atoms. The van der Waals surface area contributed by atoms with Gasteiger partial charge in [-0.25, -0.2) is 9.37 Å². The quantitative estimate of drug-likeness (QED) is 0.551. The lowest BCUT2D eigenvalue weighted by atomic mass is 10.0. The monoisotopic (exact) mass is 420 g/mol. The maximum absolute atomic E-state index is 14.3. The van der Waals surface area contributed by atoms with E-state index in [4.69, 9.17) is 9.72 Å². The normalized spacial score (nSPS) is 20.8. The summed E-state index contributed by atoms with van der Waals surface area (Å²) in [6, 6.07) is 1.47. The minimum atomic E-state index is -1.52. The maximum atomic E-state index is 14.3. The number of rotatable bonds is 2. The van der Waals surface area contributed by atoms with E-state index in [0.717, 1.165) is 36.4 Å². The number of ether oxygens (including phenoxy) is 1. The molecule has 0 saturated carbocycles. The molecular formula is C20H25FN4O3S. The highest BCUT2D eigenvalue weighted by atomic mass is 32.2. The Morgan fingerprint density at radius 1 is 1.41 bits per heavy atom. The number of hydrogen-bond donors (Lipinski definition) is 0. The van der Waals surface area contributed by atoms with Crippen LogP contribution in [-0.2, 0) is 11.4 Å². The van der Waals surface area contributed by atoms with Crippen molar-refractivity contribution in [2.24, 2.45) is 4.40 Å². The minimum Gasteiger partial charge on any atom is -0.591 e. The zero-order valence-electron chi connectivity index (χ0n) is 17.1. The molecule has 2 aromatic rings. The van der Waals surface area contributed by atoms with Crippen LogP contribution in [0, 0.1) is 5.82 Å². The van der Waals surface area contributed by atoms with Crippen molar-refractivity contribution in [2.45, 2.75) is 57.7 Å². The molecule has 2 atom stereocenters. The summed E-state index contributed by atoms with van der Waals surface area (Å²) in [7, 11) is 0. The summed E-state index contributed by atoms with van der Waals surface area (Å²) in [4.78, 5) is 19.9. The highest BCUT2D eigenvalue weighted by molar-refractivity contribution is 7.91. The van der Waals surface area contributed by atoms with Gasteiger partial charge in [0.2, 0.25) is 5.75 Å². The zero-order valence-corrected chi connectivity index (χ0v) is 17.9. The van der Waals surface area contributed by atoms with Gasteiger partial charge >= 0.3 is 5.56 Å². The van der Waals surface area contributed by atoms with Crippen molar-refractivity contribution in [3.05, 3.63) is 34.0 Å². The molecule has 2 aliphatic heterocycles. The number of pyridine rings is 1. The Kier molecular flexibility index (Phi) is 5.06. The zero-order chi connectivity index (χ0) is 20.9. The van der Waals surface area contributed by atoms with E-state index in [9.17, 15) is 13.7 Å². The van der Waals surface area contributed by atoms with Crippen molar-refractivity contribution >= 4 is 28.5 Å². The van der Waals surface area contributed by atoms with Crippen LogP contribution >= 0.6 is 0 Å². The maximum Gasteiger partial charge on any atom is 0.302 e. The SMILES string of the molecule is CC(=N[S+]([O-])C(C)(C)C)c1cc(F)cn2c(=O)c3c(nc12)N1CCCCC1CO3. The van der Waals surface area contributed by atoms with Crippen LogP contribution in [0.25, 0.3) is 5.65 Å². The van der Waals surface area contributed by atoms with Gasteiger partial charge in [-0.3, -0.25) is 9.20 Å². The number of halogens is 1. The van der Waals surface area contributed by atoms with Gasteiger partial charge in [0.1, 0.15) is 28.5 Å². The first kappa shape index (κ1) is 20.2. The van der Waals surface area contributed by atoms with E-state index in [-0.39, 0.29) is 17.4 Å². The van der Waals surface area contributed by atoms with Crippen molar-refractivity contribution in [1.82, 2.24) is 9.38 Å². The fourth-order valence-corrected chi connectivity index (χ4v) is 4.33. The van der Waals surface area contributed by atoms with Crippen LogP contribution in [0.2, 0.25) is 0 Å². The molecule has 7 nitrogen and oxygen atoms in total. The highest BCUT2D eigenvalue weighted by Gasteiger charge is 2.34. The fourth-order valence-electron chi connectivity index (χ4n) is 3.71. The summed E-state index contributed by atoms with van der Waals surface area (Å²) in [5.74, 6) is 0.0627. The first-order valence-corrected chi connectivity index (χ1v) is 10.9. The topological polar surface area (TPSA) is 82.3 Å². The van der Waals surface area contributed by atoms with Gasteiger partial charge in [0.15, 0.2) is 11.5 Å². The molecule has 2 aromatic heterocycles. The predicted octanol–water partition coefficient (Wildman–Crippen LogP) is 2.86. The third-order valence-electron chi connectivity index (χ3n) is 5.28. The number of hydrogen-bond acceptors (Lipinski definition) is 6. The largest absolute Gasteiger partial charge is 0.591 e. The smallest absolute Gasteiger partial charge is 0.302 e. The molecule has 0 amide bonds. The molecule has 0 N–H and O–H groups in total. The molecule has 2 aliphatic rings. The molecule has 156 valence electrons. The van der Waals surface area contributed by atoms with Gasteiger partial charge in [0, 0.05) is 12.1 Å². The average molecular weight is 421 g/mol. The second kappa shape index (κ2) is 7.28. The van der Waals surface area contributed by atoms with Crippen molar-refractivity contribution in [3.8, 4) is 5.75 Å². The van der Waals surface area contributed by atoms with Crippen LogP contribution in [0.5, 0.6) is 5.75 Å². The molecule has 4 heterocycles. The van der Waals surface area contributed by atoms with Crippen molar-refractivity contribution in [3.63, 3.8) is 0 Å². The molecule has 1 saturated heterocycles. The van der Waals surface area contributed by atoms with E-state index in [2.05, 4.69) is 9.30 Å². The standard InChI is InChI=1S/C20H25FN4O3S/c1-12(23-29(27)20(2,3)4)15-9-13(21)10-25-17(15)22-18-16(19(25)26)28-11-14-7-5-6-8-24(14)18/h9-10,14H,5-8,11H2,1-4H3. The van der Waals surface area contributed by atoms with Crippen molar-refractivity contribution < 1.29 is 13.7 Å². The lowest BCUT2D eigenvalue weighted by Crippen LogP contribution is -2.48. The average Bonchev–Trinajstić information content (AvgIpc) is 2.67. The van der Waals surface area contributed by atoms with Crippen LogP contribution in [0.15, 0.2) is 21.5 Å². The number of nitrogens with zero attached hydrogens (tertiary/aromatic N) is 4. The lowest BCUT2D eigenvalue weighted by Gasteiger charge is -2.40. The summed E-state index contributed by atoms with van der Waals surface area (Å²) in [5.41, 5.74) is 0.562. The Bertz CT molecular complexity index is 1050. The van der Waals surface area contributed by atoms with Crippen molar-refractivity contribution in [1.29, 1.82) is 0 Å². The summed E-state index contributed by atoms with van der Waals surface area (Å²) in [6.07, 6.45) is 4.24. The molecule has 2 unspecified atom stereocenters. The van der Waals surface area contributed by atoms with E-state index in [0.29, 0.717) is 23.7 Å². The Hall–Kier alpha value is -2.13. The van der Waals surface area contributed by atoms with Crippen LogP contribution in [0.1, 0.15) is 52.5 Å². The van der Waals surface area contributed by atoms with Gasteiger partial charge in [0.05, 0.1) is 18.0 Å². The van der Waals surface area contributed by atoms with Crippen LogP contribution < -0.4 is 15.2 Å². The van der Waals surface area contributed by atoms with E-state index >= 15 is 0 Å². The van der Waals surface area contributed by atoms with E-state index in [1.807, 2.05) is 20.8 Å². The molecule has 1 fully saturated rings. The third-order valence-corrected chi connectivity index (χ3v) is 6.77. The van der Waals surface area contributed by atoms with E-state index in [1.54, 1.807) is 6.92 Å². The molecule has 0 aromatic carbocycles. The molecule has 4 rings (SSSR count). The van der Waals surface area contributed by atoms with E-state index < -0.39 is 27.5 Å². The number of anilines is 1. The summed E-state index contributed by atoms with van der Waals surface area (Å²) < 4.78 is 37.4. The van der Waals surface area contributed by atoms with Crippen LogP contribution in [0.3, 0.4) is 0 Å². The van der Waals surface area contributed by atoms with Gasteiger partial charge in [0.25, 0.3) is 0 Å². The van der Waals surface area contributed by atoms with E-state index in [1.165, 1.54) is 6.07 Å². The Balaban J connectivity index is 1.92. The number of fused-ring (bicyclic) bond motifs is 4. The van der Waals surface area contributed by atoms with Crippen LogP contribution in [0.4, 0.5) is 10.2 Å². The fraction of sp³-hybridized carbons (Fsp3) is 0.550. The van der Waals surface area contributed by atoms with Gasteiger partial charge in [-0.2, -0.15) is 0 Å². The first-order chi connectivity index (χ1) is 13.7. The molecule has 29 heavy (non-hydrogen) atoms. The second-order valence-corrected chi connectivity index (χ2v) is 10.4. The molecule has 0 aliphatic carbocycles. The summed E-state index contributed by atoms with van der Waals surface area (Å²) in [6.45, 7) is 8.35. The molecule has 0 bridgehead atoms. The summed E-state index contributed by atoms with van der Waals surface area (Å²) in [5, 5.41) is 0. The lowest BCUT2D eigenvalue weighted by molar-refractivity contribution is 0.234. The predicted molar refractivity (Wildman–Crippen MR) is 112 cm³/mol. The molecule has 9 heteroatoms. The molecule has 0 radical (unpaired) electrons. The third kappa shape index (κ3) is 3.61. The molecular weight excluding hydrogens is 395 g/mol. The van der Waals surface area contributed by atoms with Gasteiger partial charge < -0.3 is 14.2 Å². The van der Waals surface area contributed by atoms with Gasteiger partial charge in [-0.1, -0.05) is 4.40 Å². The van der Waals surface area contributed by atoms with Gasteiger partial charge in [-0.15, -0.1) is 0 Å². The Morgan fingerprint density at radius 2 is 2.17 bits per heavy atom. The van der Waals surface area contributed by atoms with Crippen LogP contribution in [-0.4, -0.2) is 43.6 Å². The van der Waals surface area contributed by atoms with Crippen molar-refractivity contribution in [2.75, 3.05) is 18.1 Å².